The van der Waals surface area contributed by atoms with Gasteiger partial charge in [0.25, 0.3) is 0 Å². The lowest BCUT2D eigenvalue weighted by atomic mass is 9.59. The highest BCUT2D eigenvalue weighted by Gasteiger charge is 2.47. The summed E-state index contributed by atoms with van der Waals surface area (Å²) in [5, 5.41) is 1.41. The Bertz CT molecular complexity index is 970. The molecule has 0 radical (unpaired) electrons. The summed E-state index contributed by atoms with van der Waals surface area (Å²) in [5.74, 6) is 1.61. The molecule has 28 heavy (non-hydrogen) atoms. The maximum atomic E-state index is 5.54. The van der Waals surface area contributed by atoms with E-state index in [1.807, 2.05) is 0 Å². The van der Waals surface area contributed by atoms with Crippen LogP contribution in [0.15, 0.2) is 48.5 Å². The Morgan fingerprint density at radius 1 is 1.14 bits per heavy atom. The normalized spacial score (nSPS) is 23.9. The lowest BCUT2D eigenvalue weighted by molar-refractivity contribution is 0.0994. The number of aromatic nitrogens is 1. The van der Waals surface area contributed by atoms with E-state index in [1.54, 1.807) is 12.7 Å². The van der Waals surface area contributed by atoms with Gasteiger partial charge < -0.3 is 20.1 Å². The molecule has 0 saturated carbocycles. The summed E-state index contributed by atoms with van der Waals surface area (Å²) in [4.78, 5) is 6.24. The minimum atomic E-state index is 0. The first-order valence-corrected chi connectivity index (χ1v) is 9.61. The average molecular weight is 401 g/mol. The van der Waals surface area contributed by atoms with E-state index in [2.05, 4.69) is 65.5 Å². The fourth-order valence-electron chi connectivity index (χ4n) is 5.35. The fourth-order valence-corrected chi connectivity index (χ4v) is 5.35. The summed E-state index contributed by atoms with van der Waals surface area (Å²) >= 11 is 0. The monoisotopic (exact) mass is 400 g/mol. The number of hydrogen-bond donors (Lipinski definition) is 1. The second-order valence-corrected chi connectivity index (χ2v) is 8.11. The van der Waals surface area contributed by atoms with Gasteiger partial charge in [0, 0.05) is 28.6 Å². The number of likely N-dealkylation sites (tertiary alicyclic amines) is 1. The number of H-pyrrole nitrogens is 1. The van der Waals surface area contributed by atoms with Gasteiger partial charge in [0.2, 0.25) is 0 Å². The van der Waals surface area contributed by atoms with Gasteiger partial charge in [-0.3, -0.25) is 0 Å². The van der Waals surface area contributed by atoms with Crippen molar-refractivity contribution in [3.8, 4) is 5.75 Å². The van der Waals surface area contributed by atoms with Crippen molar-refractivity contribution in [2.45, 2.75) is 24.7 Å². The van der Waals surface area contributed by atoms with E-state index in [0.29, 0.717) is 5.92 Å². The van der Waals surface area contributed by atoms with Gasteiger partial charge >= 0.3 is 0 Å². The standard InChI is InChI=1S/C23H26N2O.ClH.H2O/c1-25-11-10-23(16-6-5-7-18(12-16)26-2)14-22-20(13-17(23)15-25)19-8-3-4-9-21(19)24-22;;/h3-9,12,17,24H,10-11,13-15H2,1-2H3;1H;1H2. The molecule has 3 N–H and O–H groups in total. The van der Waals surface area contributed by atoms with Gasteiger partial charge in [-0.2, -0.15) is 0 Å². The molecule has 1 aromatic heterocycles. The quantitative estimate of drug-likeness (QED) is 0.711. The average Bonchev–Trinajstić information content (AvgIpc) is 3.03. The summed E-state index contributed by atoms with van der Waals surface area (Å²) in [7, 11) is 4.03. The first-order valence-electron chi connectivity index (χ1n) is 9.61. The van der Waals surface area contributed by atoms with Gasteiger partial charge in [-0.1, -0.05) is 30.3 Å². The van der Waals surface area contributed by atoms with Crippen molar-refractivity contribution >= 4 is 23.3 Å². The summed E-state index contributed by atoms with van der Waals surface area (Å²) in [6.07, 6.45) is 3.46. The Morgan fingerprint density at radius 3 is 2.79 bits per heavy atom. The molecule has 4 nitrogen and oxygen atoms in total. The maximum absolute atomic E-state index is 5.54. The number of piperidine rings is 1. The van der Waals surface area contributed by atoms with Crippen LogP contribution < -0.4 is 4.74 Å². The molecule has 0 bridgehead atoms. The van der Waals surface area contributed by atoms with Gasteiger partial charge in [-0.05, 0) is 68.1 Å². The number of nitrogens with zero attached hydrogens (tertiary/aromatic N) is 1. The Kier molecular flexibility index (Phi) is 5.76. The van der Waals surface area contributed by atoms with Crippen LogP contribution in [-0.4, -0.2) is 42.6 Å². The van der Waals surface area contributed by atoms with Crippen LogP contribution in [0.5, 0.6) is 5.75 Å². The van der Waals surface area contributed by atoms with E-state index in [4.69, 9.17) is 4.74 Å². The van der Waals surface area contributed by atoms with Crippen LogP contribution in [0.3, 0.4) is 0 Å². The molecule has 0 amide bonds. The molecule has 2 atom stereocenters. The predicted octanol–water partition coefficient (Wildman–Crippen LogP) is 3.76. The third-order valence-corrected chi connectivity index (χ3v) is 6.74. The van der Waals surface area contributed by atoms with Crippen molar-refractivity contribution in [3.63, 3.8) is 0 Å². The van der Waals surface area contributed by atoms with Crippen LogP contribution in [0.25, 0.3) is 10.9 Å². The Hall–Kier alpha value is -2.01. The number of halogens is 1. The third-order valence-electron chi connectivity index (χ3n) is 6.74. The number of benzene rings is 2. The zero-order valence-electron chi connectivity index (χ0n) is 16.5. The van der Waals surface area contributed by atoms with E-state index < -0.39 is 0 Å². The van der Waals surface area contributed by atoms with E-state index in [-0.39, 0.29) is 23.3 Å². The molecule has 150 valence electrons. The molecule has 1 fully saturated rings. The van der Waals surface area contributed by atoms with Crippen molar-refractivity contribution in [2.75, 3.05) is 27.2 Å². The van der Waals surface area contributed by atoms with Crippen LogP contribution in [-0.2, 0) is 18.3 Å². The van der Waals surface area contributed by atoms with Crippen molar-refractivity contribution in [3.05, 3.63) is 65.4 Å². The molecule has 2 heterocycles. The van der Waals surface area contributed by atoms with Gasteiger partial charge in [0.15, 0.2) is 0 Å². The van der Waals surface area contributed by atoms with Crippen molar-refractivity contribution < 1.29 is 10.2 Å². The lowest BCUT2D eigenvalue weighted by Gasteiger charge is -2.50. The molecule has 2 unspecified atom stereocenters. The molecule has 1 saturated heterocycles. The molecule has 2 aromatic carbocycles. The molecule has 5 rings (SSSR count). The first kappa shape index (κ1) is 20.7. The highest BCUT2D eigenvalue weighted by molar-refractivity contribution is 5.85. The van der Waals surface area contributed by atoms with Crippen molar-refractivity contribution in [2.24, 2.45) is 5.92 Å². The van der Waals surface area contributed by atoms with Crippen LogP contribution in [0.1, 0.15) is 23.2 Å². The molecule has 1 aliphatic carbocycles. The van der Waals surface area contributed by atoms with E-state index in [1.165, 1.54) is 28.6 Å². The minimum Gasteiger partial charge on any atom is -0.497 e. The Labute approximate surface area is 172 Å². The van der Waals surface area contributed by atoms with Crippen LogP contribution in [0.2, 0.25) is 0 Å². The molecular weight excluding hydrogens is 372 g/mol. The number of nitrogens with one attached hydrogen (secondary N) is 1. The SMILES string of the molecule is COc1cccc(C23CCN(C)CC2Cc2c([nH]c4ccccc24)C3)c1.Cl.O. The second kappa shape index (κ2) is 7.78. The van der Waals surface area contributed by atoms with Gasteiger partial charge in [-0.15, -0.1) is 12.4 Å². The topological polar surface area (TPSA) is 59.8 Å². The Balaban J connectivity index is 0.00000112. The van der Waals surface area contributed by atoms with E-state index >= 15 is 0 Å². The van der Waals surface area contributed by atoms with Crippen LogP contribution in [0, 0.1) is 5.92 Å². The molecule has 1 aliphatic heterocycles. The van der Waals surface area contributed by atoms with Gasteiger partial charge in [0.05, 0.1) is 7.11 Å². The number of rotatable bonds is 2. The fraction of sp³-hybridized carbons (Fsp3) is 0.391. The number of ether oxygens (including phenoxy) is 1. The number of aromatic amines is 1. The van der Waals surface area contributed by atoms with Crippen molar-refractivity contribution in [1.82, 2.24) is 9.88 Å². The van der Waals surface area contributed by atoms with Crippen LogP contribution >= 0.6 is 12.4 Å². The number of hydrogen-bond acceptors (Lipinski definition) is 2. The molecular formula is C23H29ClN2O2. The first-order chi connectivity index (χ1) is 12.7. The summed E-state index contributed by atoms with van der Waals surface area (Å²) in [6, 6.07) is 17.6. The highest BCUT2D eigenvalue weighted by Crippen LogP contribution is 2.49. The predicted molar refractivity (Wildman–Crippen MR) is 117 cm³/mol. The zero-order valence-corrected chi connectivity index (χ0v) is 17.3. The minimum absolute atomic E-state index is 0. The second-order valence-electron chi connectivity index (χ2n) is 8.11. The smallest absolute Gasteiger partial charge is 0.119 e. The van der Waals surface area contributed by atoms with Gasteiger partial charge in [0.1, 0.15) is 5.75 Å². The molecule has 5 heteroatoms. The number of methoxy groups -OCH3 is 1. The van der Waals surface area contributed by atoms with Crippen LogP contribution in [0.4, 0.5) is 0 Å². The highest BCUT2D eigenvalue weighted by atomic mass is 35.5. The third kappa shape index (κ3) is 3.10. The molecule has 3 aromatic rings. The zero-order chi connectivity index (χ0) is 17.7. The number of fused-ring (bicyclic) bond motifs is 4. The lowest BCUT2D eigenvalue weighted by Crippen LogP contribution is -2.52. The largest absolute Gasteiger partial charge is 0.497 e. The number of para-hydroxylation sites is 1. The van der Waals surface area contributed by atoms with E-state index in [0.717, 1.165) is 31.7 Å². The Morgan fingerprint density at radius 2 is 1.96 bits per heavy atom. The van der Waals surface area contributed by atoms with Crippen molar-refractivity contribution in [1.29, 1.82) is 0 Å². The molecule has 2 aliphatic rings. The summed E-state index contributed by atoms with van der Waals surface area (Å²) < 4.78 is 5.54. The maximum Gasteiger partial charge on any atom is 0.119 e. The van der Waals surface area contributed by atoms with E-state index in [9.17, 15) is 0 Å². The summed E-state index contributed by atoms with van der Waals surface area (Å²) in [6.45, 7) is 2.32. The van der Waals surface area contributed by atoms with Gasteiger partial charge in [-0.25, -0.2) is 0 Å². The summed E-state index contributed by atoms with van der Waals surface area (Å²) in [5.41, 5.74) is 5.91. The molecule has 0 spiro atoms.